The van der Waals surface area contributed by atoms with Gasteiger partial charge in [0.2, 0.25) is 0 Å². The Morgan fingerprint density at radius 1 is 1.00 bits per heavy atom. The number of benzene rings is 2. The second kappa shape index (κ2) is 6.13. The highest BCUT2D eigenvalue weighted by atomic mass is 35.5. The number of nitrogens with two attached hydrogens (primary N) is 1. The average Bonchev–Trinajstić information content (AvgIpc) is 2.45. The van der Waals surface area contributed by atoms with Gasteiger partial charge in [-0.05, 0) is 29.3 Å². The van der Waals surface area contributed by atoms with E-state index in [9.17, 15) is 13.2 Å². The average molecular weight is 336 g/mol. The third kappa shape index (κ3) is 3.10. The first kappa shape index (κ1) is 15.9. The summed E-state index contributed by atoms with van der Waals surface area (Å²) in [6.45, 7) is 0. The van der Waals surface area contributed by atoms with Gasteiger partial charge in [0.15, 0.2) is 17.5 Å². The molecule has 21 heavy (non-hydrogen) atoms. The Labute approximate surface area is 129 Å². The van der Waals surface area contributed by atoms with Crippen molar-refractivity contribution in [2.24, 2.45) is 5.73 Å². The lowest BCUT2D eigenvalue weighted by Gasteiger charge is -2.16. The van der Waals surface area contributed by atoms with Crippen molar-refractivity contribution in [2.75, 3.05) is 7.11 Å². The number of hydrogen-bond donors (Lipinski definition) is 1. The van der Waals surface area contributed by atoms with Crippen LogP contribution in [0.5, 0.6) is 5.75 Å². The SMILES string of the molecule is COc1cc(Cl)c(C(N)c2cc(F)c(F)c(F)c2)cc1Cl. The summed E-state index contributed by atoms with van der Waals surface area (Å²) in [6.07, 6.45) is 0. The van der Waals surface area contributed by atoms with E-state index in [1.54, 1.807) is 0 Å². The Morgan fingerprint density at radius 2 is 1.57 bits per heavy atom. The van der Waals surface area contributed by atoms with E-state index in [1.807, 2.05) is 0 Å². The highest BCUT2D eigenvalue weighted by Gasteiger charge is 2.19. The first-order valence-corrected chi connectivity index (χ1v) is 6.53. The first-order valence-electron chi connectivity index (χ1n) is 5.78. The van der Waals surface area contributed by atoms with E-state index in [4.69, 9.17) is 33.7 Å². The molecule has 2 aromatic rings. The fraction of sp³-hybridized carbons (Fsp3) is 0.143. The number of rotatable bonds is 3. The Bertz CT molecular complexity index is 671. The van der Waals surface area contributed by atoms with Crippen LogP contribution in [0, 0.1) is 17.5 Å². The minimum atomic E-state index is -1.55. The molecule has 0 aliphatic carbocycles. The van der Waals surface area contributed by atoms with E-state index in [0.29, 0.717) is 11.3 Å². The zero-order valence-corrected chi connectivity index (χ0v) is 12.3. The number of halogens is 5. The van der Waals surface area contributed by atoms with Crippen LogP contribution in [-0.2, 0) is 0 Å². The van der Waals surface area contributed by atoms with Crippen LogP contribution in [0.1, 0.15) is 17.2 Å². The van der Waals surface area contributed by atoms with Gasteiger partial charge in [-0.2, -0.15) is 0 Å². The van der Waals surface area contributed by atoms with Crippen LogP contribution in [0.25, 0.3) is 0 Å². The zero-order chi connectivity index (χ0) is 15.7. The molecule has 0 aliphatic heterocycles. The predicted molar refractivity (Wildman–Crippen MR) is 75.4 cm³/mol. The van der Waals surface area contributed by atoms with Crippen molar-refractivity contribution in [3.63, 3.8) is 0 Å². The van der Waals surface area contributed by atoms with E-state index in [2.05, 4.69) is 0 Å². The van der Waals surface area contributed by atoms with E-state index < -0.39 is 23.5 Å². The van der Waals surface area contributed by atoms with Crippen LogP contribution in [0.15, 0.2) is 24.3 Å². The molecular weight excluding hydrogens is 326 g/mol. The molecule has 7 heteroatoms. The second-order valence-corrected chi connectivity index (χ2v) is 5.10. The third-order valence-corrected chi connectivity index (χ3v) is 3.59. The van der Waals surface area contributed by atoms with Gasteiger partial charge in [-0.15, -0.1) is 0 Å². The normalized spacial score (nSPS) is 12.3. The van der Waals surface area contributed by atoms with Gasteiger partial charge < -0.3 is 10.5 Å². The van der Waals surface area contributed by atoms with Gasteiger partial charge in [0.1, 0.15) is 5.75 Å². The lowest BCUT2D eigenvalue weighted by molar-refractivity contribution is 0.415. The molecule has 2 nitrogen and oxygen atoms in total. The fourth-order valence-corrected chi connectivity index (χ4v) is 2.39. The summed E-state index contributed by atoms with van der Waals surface area (Å²) < 4.78 is 44.5. The van der Waals surface area contributed by atoms with Crippen molar-refractivity contribution < 1.29 is 17.9 Å². The van der Waals surface area contributed by atoms with Gasteiger partial charge in [0.25, 0.3) is 0 Å². The van der Waals surface area contributed by atoms with Crippen LogP contribution >= 0.6 is 23.2 Å². The van der Waals surface area contributed by atoms with Crippen molar-refractivity contribution in [1.82, 2.24) is 0 Å². The molecule has 1 unspecified atom stereocenters. The van der Waals surface area contributed by atoms with Crippen molar-refractivity contribution >= 4 is 23.2 Å². The van der Waals surface area contributed by atoms with Gasteiger partial charge in [0.05, 0.1) is 18.2 Å². The maximum atomic E-state index is 13.3. The molecule has 0 amide bonds. The molecule has 2 N–H and O–H groups in total. The molecule has 0 heterocycles. The van der Waals surface area contributed by atoms with Gasteiger partial charge >= 0.3 is 0 Å². The lowest BCUT2D eigenvalue weighted by atomic mass is 9.99. The molecule has 0 saturated heterocycles. The molecule has 2 aromatic carbocycles. The van der Waals surface area contributed by atoms with Crippen molar-refractivity contribution in [1.29, 1.82) is 0 Å². The van der Waals surface area contributed by atoms with Crippen LogP contribution in [0.4, 0.5) is 13.2 Å². The molecule has 2 rings (SSSR count). The molecule has 0 bridgehead atoms. The van der Waals surface area contributed by atoms with Crippen LogP contribution in [-0.4, -0.2) is 7.11 Å². The molecule has 0 radical (unpaired) electrons. The largest absolute Gasteiger partial charge is 0.495 e. The molecule has 112 valence electrons. The van der Waals surface area contributed by atoms with E-state index in [-0.39, 0.29) is 15.6 Å². The van der Waals surface area contributed by atoms with Crippen molar-refractivity contribution in [2.45, 2.75) is 6.04 Å². The van der Waals surface area contributed by atoms with Crippen LogP contribution in [0.3, 0.4) is 0 Å². The summed E-state index contributed by atoms with van der Waals surface area (Å²) in [4.78, 5) is 0. The third-order valence-electron chi connectivity index (χ3n) is 2.97. The maximum Gasteiger partial charge on any atom is 0.194 e. The number of methoxy groups -OCH3 is 1. The molecule has 0 fully saturated rings. The Morgan fingerprint density at radius 3 is 2.10 bits per heavy atom. The fourth-order valence-electron chi connectivity index (χ4n) is 1.87. The number of ether oxygens (including phenoxy) is 1. The lowest BCUT2D eigenvalue weighted by Crippen LogP contribution is -2.14. The topological polar surface area (TPSA) is 35.2 Å². The van der Waals surface area contributed by atoms with Crippen LogP contribution < -0.4 is 10.5 Å². The summed E-state index contributed by atoms with van der Waals surface area (Å²) in [6, 6.07) is 3.54. The van der Waals surface area contributed by atoms with E-state index >= 15 is 0 Å². The highest BCUT2D eigenvalue weighted by molar-refractivity contribution is 6.34. The quantitative estimate of drug-likeness (QED) is 0.840. The standard InChI is InChI=1S/C14H10Cl2F3NO/c1-21-12-5-8(15)7(4-9(12)16)14(20)6-2-10(17)13(19)11(18)3-6/h2-5,14H,20H2,1H3. The summed E-state index contributed by atoms with van der Waals surface area (Å²) >= 11 is 12.0. The van der Waals surface area contributed by atoms with Crippen LogP contribution in [0.2, 0.25) is 10.0 Å². The molecule has 0 aromatic heterocycles. The minimum absolute atomic E-state index is 0.0366. The monoisotopic (exact) mass is 335 g/mol. The smallest absolute Gasteiger partial charge is 0.194 e. The molecule has 0 spiro atoms. The summed E-state index contributed by atoms with van der Waals surface area (Å²) in [5, 5.41) is 0.462. The summed E-state index contributed by atoms with van der Waals surface area (Å²) in [5.41, 5.74) is 6.30. The van der Waals surface area contributed by atoms with E-state index in [0.717, 1.165) is 12.1 Å². The minimum Gasteiger partial charge on any atom is -0.495 e. The van der Waals surface area contributed by atoms with Crippen molar-refractivity contribution in [3.8, 4) is 5.75 Å². The zero-order valence-electron chi connectivity index (χ0n) is 10.8. The number of hydrogen-bond acceptors (Lipinski definition) is 2. The first-order chi connectivity index (χ1) is 9.85. The van der Waals surface area contributed by atoms with Gasteiger partial charge in [-0.3, -0.25) is 0 Å². The Balaban J connectivity index is 2.50. The molecule has 0 saturated carbocycles. The molecule has 1 atom stereocenters. The van der Waals surface area contributed by atoms with Gasteiger partial charge in [0, 0.05) is 11.1 Å². The highest BCUT2D eigenvalue weighted by Crippen LogP contribution is 2.35. The van der Waals surface area contributed by atoms with Crippen molar-refractivity contribution in [3.05, 3.63) is 62.9 Å². The molecular formula is C14H10Cl2F3NO. The second-order valence-electron chi connectivity index (χ2n) is 4.28. The Hall–Kier alpha value is -1.43. The predicted octanol–water partition coefficient (Wildman–Crippen LogP) is 4.47. The summed E-state index contributed by atoms with van der Waals surface area (Å²) in [7, 11) is 1.42. The van der Waals surface area contributed by atoms with E-state index in [1.165, 1.54) is 19.2 Å². The molecule has 0 aliphatic rings. The maximum absolute atomic E-state index is 13.3. The Kier molecular flexibility index (Phi) is 4.66. The summed E-state index contributed by atoms with van der Waals surface area (Å²) in [5.74, 6) is -3.86. The van der Waals surface area contributed by atoms with Gasteiger partial charge in [-0.25, -0.2) is 13.2 Å². The van der Waals surface area contributed by atoms with Gasteiger partial charge in [-0.1, -0.05) is 23.2 Å².